The van der Waals surface area contributed by atoms with Gasteiger partial charge < -0.3 is 10.6 Å². The first kappa shape index (κ1) is 5.92. The second kappa shape index (κ2) is 2.09. The van der Waals surface area contributed by atoms with E-state index in [2.05, 4.69) is 10.6 Å². The summed E-state index contributed by atoms with van der Waals surface area (Å²) in [6, 6.07) is 0. The number of carbonyl (C=O) groups excluding carboxylic acids is 1. The van der Waals surface area contributed by atoms with Crippen molar-refractivity contribution in [3.63, 3.8) is 0 Å². The standard InChI is InChI=1S/C7H10N2O/c10-7-3-5-4-8-2-1-6(5)9-7/h8H,1-4H2,(H,9,10). The van der Waals surface area contributed by atoms with Crippen molar-refractivity contribution in [1.29, 1.82) is 0 Å². The van der Waals surface area contributed by atoms with Gasteiger partial charge in [-0.25, -0.2) is 0 Å². The van der Waals surface area contributed by atoms with Crippen LogP contribution in [0.2, 0.25) is 0 Å². The van der Waals surface area contributed by atoms with Crippen molar-refractivity contribution >= 4 is 5.91 Å². The molecule has 0 radical (unpaired) electrons. The van der Waals surface area contributed by atoms with Crippen molar-refractivity contribution < 1.29 is 4.79 Å². The molecule has 0 aromatic rings. The van der Waals surface area contributed by atoms with Crippen LogP contribution in [0.1, 0.15) is 12.8 Å². The number of hydrogen-bond donors (Lipinski definition) is 2. The van der Waals surface area contributed by atoms with Gasteiger partial charge in [0.15, 0.2) is 0 Å². The van der Waals surface area contributed by atoms with Gasteiger partial charge in [-0.05, 0) is 5.57 Å². The predicted molar refractivity (Wildman–Crippen MR) is 37.3 cm³/mol. The van der Waals surface area contributed by atoms with Gasteiger partial charge in [0.25, 0.3) is 0 Å². The third-order valence-electron chi connectivity index (χ3n) is 1.98. The Bertz CT molecular complexity index is 188. The number of amides is 1. The Morgan fingerprint density at radius 1 is 1.40 bits per heavy atom. The second-order valence-electron chi connectivity index (χ2n) is 2.73. The molecular weight excluding hydrogens is 128 g/mol. The van der Waals surface area contributed by atoms with E-state index in [1.165, 1.54) is 11.3 Å². The van der Waals surface area contributed by atoms with Crippen LogP contribution in [0.15, 0.2) is 11.3 Å². The molecule has 2 heterocycles. The minimum atomic E-state index is 0.161. The maximum Gasteiger partial charge on any atom is 0.228 e. The highest BCUT2D eigenvalue weighted by molar-refractivity contribution is 5.84. The van der Waals surface area contributed by atoms with E-state index >= 15 is 0 Å². The summed E-state index contributed by atoms with van der Waals surface area (Å²) in [5.41, 5.74) is 2.43. The van der Waals surface area contributed by atoms with E-state index in [1.807, 2.05) is 0 Å². The zero-order valence-corrected chi connectivity index (χ0v) is 5.74. The molecule has 2 N–H and O–H groups in total. The Morgan fingerprint density at radius 2 is 2.30 bits per heavy atom. The molecule has 2 rings (SSSR count). The van der Waals surface area contributed by atoms with Gasteiger partial charge in [0.1, 0.15) is 0 Å². The van der Waals surface area contributed by atoms with Gasteiger partial charge >= 0.3 is 0 Å². The third kappa shape index (κ3) is 0.827. The van der Waals surface area contributed by atoms with Crippen molar-refractivity contribution in [3.8, 4) is 0 Å². The van der Waals surface area contributed by atoms with E-state index in [1.54, 1.807) is 0 Å². The van der Waals surface area contributed by atoms with Gasteiger partial charge in [0.2, 0.25) is 5.91 Å². The molecule has 10 heavy (non-hydrogen) atoms. The maximum atomic E-state index is 10.8. The summed E-state index contributed by atoms with van der Waals surface area (Å²) in [6.07, 6.45) is 1.60. The molecule has 0 unspecified atom stereocenters. The molecule has 0 saturated heterocycles. The zero-order chi connectivity index (χ0) is 6.97. The number of rotatable bonds is 0. The third-order valence-corrected chi connectivity index (χ3v) is 1.98. The van der Waals surface area contributed by atoms with Crippen LogP contribution in [0, 0.1) is 0 Å². The lowest BCUT2D eigenvalue weighted by Gasteiger charge is -2.13. The minimum Gasteiger partial charge on any atom is -0.329 e. The molecule has 0 saturated carbocycles. The van der Waals surface area contributed by atoms with Gasteiger partial charge in [-0.2, -0.15) is 0 Å². The van der Waals surface area contributed by atoms with Gasteiger partial charge in [0.05, 0.1) is 6.42 Å². The summed E-state index contributed by atoms with van der Waals surface area (Å²) >= 11 is 0. The van der Waals surface area contributed by atoms with Crippen LogP contribution >= 0.6 is 0 Å². The van der Waals surface area contributed by atoms with E-state index in [4.69, 9.17) is 0 Å². The smallest absolute Gasteiger partial charge is 0.228 e. The molecule has 0 aliphatic carbocycles. The number of hydrogen-bond acceptors (Lipinski definition) is 2. The van der Waals surface area contributed by atoms with E-state index in [0.717, 1.165) is 19.5 Å². The van der Waals surface area contributed by atoms with Gasteiger partial charge in [-0.3, -0.25) is 4.79 Å². The molecule has 0 aromatic carbocycles. The molecule has 2 aliphatic heterocycles. The molecular formula is C7H10N2O. The van der Waals surface area contributed by atoms with Crippen LogP contribution in [-0.2, 0) is 4.79 Å². The Labute approximate surface area is 59.5 Å². The summed E-state index contributed by atoms with van der Waals surface area (Å²) < 4.78 is 0. The van der Waals surface area contributed by atoms with Crippen molar-refractivity contribution in [2.24, 2.45) is 0 Å². The monoisotopic (exact) mass is 138 g/mol. The fraction of sp³-hybridized carbons (Fsp3) is 0.571. The maximum absolute atomic E-state index is 10.8. The zero-order valence-electron chi connectivity index (χ0n) is 5.74. The lowest BCUT2D eigenvalue weighted by Crippen LogP contribution is -2.25. The first-order chi connectivity index (χ1) is 4.86. The number of carbonyl (C=O) groups is 1. The highest BCUT2D eigenvalue weighted by Gasteiger charge is 2.22. The van der Waals surface area contributed by atoms with Gasteiger partial charge in [0, 0.05) is 25.2 Å². The SMILES string of the molecule is O=C1CC2=C(CCNC2)N1. The van der Waals surface area contributed by atoms with E-state index in [0.29, 0.717) is 6.42 Å². The molecule has 0 spiro atoms. The first-order valence-electron chi connectivity index (χ1n) is 3.58. The van der Waals surface area contributed by atoms with E-state index in [9.17, 15) is 4.79 Å². The molecule has 0 atom stereocenters. The lowest BCUT2D eigenvalue weighted by atomic mass is 10.1. The van der Waals surface area contributed by atoms with Gasteiger partial charge in [-0.15, -0.1) is 0 Å². The molecule has 3 heteroatoms. The molecule has 2 aliphatic rings. The number of nitrogens with one attached hydrogen (secondary N) is 2. The first-order valence-corrected chi connectivity index (χ1v) is 3.58. The Hall–Kier alpha value is -0.830. The normalized spacial score (nSPS) is 24.6. The molecule has 54 valence electrons. The Morgan fingerprint density at radius 3 is 3.10 bits per heavy atom. The summed E-state index contributed by atoms with van der Waals surface area (Å²) in [5, 5.41) is 6.08. The summed E-state index contributed by atoms with van der Waals surface area (Å²) in [4.78, 5) is 10.8. The molecule has 0 fully saturated rings. The van der Waals surface area contributed by atoms with E-state index in [-0.39, 0.29) is 5.91 Å². The van der Waals surface area contributed by atoms with Crippen LogP contribution < -0.4 is 10.6 Å². The van der Waals surface area contributed by atoms with E-state index < -0.39 is 0 Å². The van der Waals surface area contributed by atoms with Crippen molar-refractivity contribution in [2.45, 2.75) is 12.8 Å². The molecule has 0 aromatic heterocycles. The Kier molecular flexibility index (Phi) is 1.24. The summed E-state index contributed by atoms with van der Waals surface area (Å²) in [5.74, 6) is 0.161. The molecule has 1 amide bonds. The average Bonchev–Trinajstić information content (AvgIpc) is 2.27. The summed E-state index contributed by atoms with van der Waals surface area (Å²) in [6.45, 7) is 1.90. The van der Waals surface area contributed by atoms with Crippen LogP contribution in [0.5, 0.6) is 0 Å². The Balaban J connectivity index is 2.20. The summed E-state index contributed by atoms with van der Waals surface area (Å²) in [7, 11) is 0. The van der Waals surface area contributed by atoms with Crippen molar-refractivity contribution in [1.82, 2.24) is 10.6 Å². The fourth-order valence-corrected chi connectivity index (χ4v) is 1.46. The van der Waals surface area contributed by atoms with Crippen molar-refractivity contribution in [2.75, 3.05) is 13.1 Å². The second-order valence-corrected chi connectivity index (χ2v) is 2.73. The predicted octanol–water partition coefficient (Wildman–Crippen LogP) is -0.246. The quantitative estimate of drug-likeness (QED) is 0.485. The van der Waals surface area contributed by atoms with Crippen LogP contribution in [0.4, 0.5) is 0 Å². The highest BCUT2D eigenvalue weighted by Crippen LogP contribution is 2.18. The molecule has 0 bridgehead atoms. The largest absolute Gasteiger partial charge is 0.329 e. The topological polar surface area (TPSA) is 41.1 Å². The minimum absolute atomic E-state index is 0.161. The van der Waals surface area contributed by atoms with Gasteiger partial charge in [-0.1, -0.05) is 0 Å². The lowest BCUT2D eigenvalue weighted by molar-refractivity contribution is -0.118. The highest BCUT2D eigenvalue weighted by atomic mass is 16.1. The van der Waals surface area contributed by atoms with Crippen molar-refractivity contribution in [3.05, 3.63) is 11.3 Å². The average molecular weight is 138 g/mol. The van der Waals surface area contributed by atoms with Crippen LogP contribution in [0.3, 0.4) is 0 Å². The molecule has 3 nitrogen and oxygen atoms in total. The van der Waals surface area contributed by atoms with Crippen LogP contribution in [0.25, 0.3) is 0 Å². The fourth-order valence-electron chi connectivity index (χ4n) is 1.46. The van der Waals surface area contributed by atoms with Crippen LogP contribution in [-0.4, -0.2) is 19.0 Å².